The first kappa shape index (κ1) is 51.9. The lowest BCUT2D eigenvalue weighted by molar-refractivity contribution is -0.123. The number of hydrogen-bond donors (Lipinski definition) is 3. The molecule has 1 atom stereocenters. The molecule has 0 saturated carbocycles. The van der Waals surface area contributed by atoms with Crippen molar-refractivity contribution in [1.29, 1.82) is 0 Å². The number of nitrogens with one attached hydrogen (secondary N) is 3. The Hall–Kier alpha value is -2.07. The van der Waals surface area contributed by atoms with Gasteiger partial charge in [0.05, 0.1) is 13.2 Å². The largest absolute Gasteiger partial charge is 0.444 e. The lowest BCUT2D eigenvalue weighted by Crippen LogP contribution is -2.49. The highest BCUT2D eigenvalue weighted by atomic mass is 16.6. The van der Waals surface area contributed by atoms with Crippen LogP contribution in [0.4, 0.5) is 9.59 Å². The van der Waals surface area contributed by atoms with Crippen molar-refractivity contribution in [2.24, 2.45) is 5.92 Å². The second-order valence-corrected chi connectivity index (χ2v) is 17.2. The van der Waals surface area contributed by atoms with Crippen LogP contribution < -0.4 is 16.0 Å². The van der Waals surface area contributed by atoms with Gasteiger partial charge in [0.1, 0.15) is 17.2 Å². The molecule has 0 spiro atoms. The summed E-state index contributed by atoms with van der Waals surface area (Å²) in [4.78, 5) is 38.2. The van der Waals surface area contributed by atoms with Crippen molar-refractivity contribution in [3.8, 4) is 0 Å². The predicted molar refractivity (Wildman–Crippen MR) is 223 cm³/mol. The van der Waals surface area contributed by atoms with Crippen molar-refractivity contribution in [2.45, 2.75) is 220 Å². The van der Waals surface area contributed by atoms with Gasteiger partial charge >= 0.3 is 12.2 Å². The second kappa shape index (κ2) is 34.2. The number of rotatable bonds is 35. The number of ether oxygens (including phenoxy) is 4. The van der Waals surface area contributed by atoms with Crippen LogP contribution in [0.3, 0.4) is 0 Å². The molecule has 0 bridgehead atoms. The van der Waals surface area contributed by atoms with Crippen molar-refractivity contribution >= 4 is 18.1 Å². The molecule has 0 fully saturated rings. The highest BCUT2D eigenvalue weighted by Gasteiger charge is 2.25. The van der Waals surface area contributed by atoms with E-state index in [0.717, 1.165) is 12.8 Å². The molecule has 0 rings (SSSR count). The maximum absolute atomic E-state index is 13.5. The highest BCUT2D eigenvalue weighted by molar-refractivity contribution is 5.85. The molecule has 0 radical (unpaired) electrons. The van der Waals surface area contributed by atoms with Gasteiger partial charge in [-0.1, -0.05) is 129 Å². The average Bonchev–Trinajstić information content (AvgIpc) is 3.08. The van der Waals surface area contributed by atoms with Crippen LogP contribution in [-0.4, -0.2) is 74.9 Å². The zero-order valence-electron chi connectivity index (χ0n) is 36.5. The third-order valence-corrected chi connectivity index (χ3v) is 9.15. The SMILES string of the molecule is CCCCCCCCCCCCOCC(CNC(=O)[C@H](CCCCNC(=O)OC(C)(C)C)NC(=O)OC(C)(C)C)COCCCCCCCCCCCC. The van der Waals surface area contributed by atoms with Gasteiger partial charge in [0.25, 0.3) is 0 Å². The first-order valence-corrected chi connectivity index (χ1v) is 22.2. The fourth-order valence-electron chi connectivity index (χ4n) is 6.11. The lowest BCUT2D eigenvalue weighted by atomic mass is 10.1. The van der Waals surface area contributed by atoms with E-state index in [0.29, 0.717) is 58.8 Å². The summed E-state index contributed by atoms with van der Waals surface area (Å²) in [6, 6.07) is -0.776. The molecule has 10 heteroatoms. The summed E-state index contributed by atoms with van der Waals surface area (Å²) in [5, 5.41) is 8.58. The summed E-state index contributed by atoms with van der Waals surface area (Å²) in [6.45, 7) is 18.6. The first-order valence-electron chi connectivity index (χ1n) is 22.2. The van der Waals surface area contributed by atoms with Gasteiger partial charge in [0.15, 0.2) is 0 Å². The van der Waals surface area contributed by atoms with Crippen LogP contribution in [0.25, 0.3) is 0 Å². The van der Waals surface area contributed by atoms with Gasteiger partial charge in [-0.2, -0.15) is 0 Å². The number of hydrogen-bond acceptors (Lipinski definition) is 7. The summed E-state index contributed by atoms with van der Waals surface area (Å²) in [5.74, 6) is -0.268. The van der Waals surface area contributed by atoms with Crippen molar-refractivity contribution in [2.75, 3.05) is 39.5 Å². The van der Waals surface area contributed by atoms with E-state index in [2.05, 4.69) is 29.8 Å². The van der Waals surface area contributed by atoms with Gasteiger partial charge in [-0.15, -0.1) is 0 Å². The number of carbonyl (C=O) groups excluding carboxylic acids is 3. The van der Waals surface area contributed by atoms with Crippen LogP contribution in [0.1, 0.15) is 203 Å². The average molecular weight is 770 g/mol. The first-order chi connectivity index (χ1) is 25.8. The summed E-state index contributed by atoms with van der Waals surface area (Å²) < 4.78 is 23.0. The van der Waals surface area contributed by atoms with Crippen LogP contribution in [0.15, 0.2) is 0 Å². The Morgan fingerprint density at radius 1 is 0.500 bits per heavy atom. The highest BCUT2D eigenvalue weighted by Crippen LogP contribution is 2.13. The van der Waals surface area contributed by atoms with E-state index >= 15 is 0 Å². The Labute approximate surface area is 332 Å². The molecule has 0 aliphatic carbocycles. The van der Waals surface area contributed by atoms with Gasteiger partial charge in [0, 0.05) is 32.2 Å². The van der Waals surface area contributed by atoms with Gasteiger partial charge in [-0.25, -0.2) is 9.59 Å². The van der Waals surface area contributed by atoms with Crippen molar-refractivity contribution in [3.05, 3.63) is 0 Å². The van der Waals surface area contributed by atoms with Crippen molar-refractivity contribution < 1.29 is 33.3 Å². The van der Waals surface area contributed by atoms with Crippen molar-refractivity contribution in [1.82, 2.24) is 16.0 Å². The van der Waals surface area contributed by atoms with Crippen LogP contribution in [0.2, 0.25) is 0 Å². The van der Waals surface area contributed by atoms with Crippen LogP contribution in [-0.2, 0) is 23.7 Å². The number of unbranched alkanes of at least 4 members (excludes halogenated alkanes) is 19. The van der Waals surface area contributed by atoms with E-state index in [1.165, 1.54) is 116 Å². The van der Waals surface area contributed by atoms with Crippen LogP contribution in [0.5, 0.6) is 0 Å². The minimum absolute atomic E-state index is 0.000368. The van der Waals surface area contributed by atoms with E-state index < -0.39 is 29.4 Å². The zero-order chi connectivity index (χ0) is 40.3. The lowest BCUT2D eigenvalue weighted by Gasteiger charge is -2.24. The topological polar surface area (TPSA) is 124 Å². The molecule has 10 nitrogen and oxygen atoms in total. The minimum atomic E-state index is -0.776. The Kier molecular flexibility index (Phi) is 32.9. The van der Waals surface area contributed by atoms with Gasteiger partial charge in [-0.3, -0.25) is 4.79 Å². The van der Waals surface area contributed by atoms with Crippen molar-refractivity contribution in [3.63, 3.8) is 0 Å². The molecule has 3 amide bonds. The number of amides is 3. The fourth-order valence-corrected chi connectivity index (χ4v) is 6.11. The third kappa shape index (κ3) is 36.9. The molecule has 0 aliphatic heterocycles. The molecule has 3 N–H and O–H groups in total. The maximum atomic E-state index is 13.5. The zero-order valence-corrected chi connectivity index (χ0v) is 36.5. The van der Waals surface area contributed by atoms with E-state index in [4.69, 9.17) is 18.9 Å². The van der Waals surface area contributed by atoms with Crippen LogP contribution in [0, 0.1) is 5.92 Å². The minimum Gasteiger partial charge on any atom is -0.444 e. The molecule has 0 aromatic heterocycles. The Morgan fingerprint density at radius 3 is 1.33 bits per heavy atom. The van der Waals surface area contributed by atoms with Gasteiger partial charge in [-0.05, 0) is 73.6 Å². The summed E-state index contributed by atoms with van der Waals surface area (Å²) in [5.41, 5.74) is -1.26. The summed E-state index contributed by atoms with van der Waals surface area (Å²) in [6.07, 6.45) is 26.2. The molecule has 0 unspecified atom stereocenters. The second-order valence-electron chi connectivity index (χ2n) is 17.2. The fraction of sp³-hybridized carbons (Fsp3) is 0.932. The Bertz CT molecular complexity index is 876. The maximum Gasteiger partial charge on any atom is 0.408 e. The molecule has 320 valence electrons. The molecule has 0 heterocycles. The summed E-state index contributed by atoms with van der Waals surface area (Å²) >= 11 is 0. The normalized spacial score (nSPS) is 12.5. The van der Waals surface area contributed by atoms with E-state index in [-0.39, 0.29) is 11.8 Å². The molecular formula is C44H87N3O7. The Morgan fingerprint density at radius 2 is 0.907 bits per heavy atom. The molecule has 0 aromatic carbocycles. The standard InChI is InChI=1S/C44H87N3O7/c1-9-11-13-15-17-19-21-23-25-29-33-51-36-38(37-52-34-30-26-24-22-20-18-16-14-12-10-2)35-46-40(48)39(47-42(50)54-44(6,7)8)31-27-28-32-45-41(49)53-43(3,4)5/h38-39H,9-37H2,1-8H3,(H,45,49)(H,46,48)(H,47,50)/t39-/m0/s1. The van der Waals surface area contributed by atoms with E-state index in [1.807, 2.05) is 20.8 Å². The molecule has 0 aliphatic rings. The molecule has 0 saturated heterocycles. The quantitative estimate of drug-likeness (QED) is 0.0548. The number of alkyl carbamates (subject to hydrolysis) is 2. The number of carbonyl (C=O) groups is 3. The monoisotopic (exact) mass is 770 g/mol. The Balaban J connectivity index is 4.93. The third-order valence-electron chi connectivity index (χ3n) is 9.15. The molecule has 54 heavy (non-hydrogen) atoms. The van der Waals surface area contributed by atoms with Gasteiger partial charge < -0.3 is 34.9 Å². The van der Waals surface area contributed by atoms with E-state index in [1.54, 1.807) is 20.8 Å². The molecule has 0 aromatic rings. The van der Waals surface area contributed by atoms with Gasteiger partial charge in [0.2, 0.25) is 5.91 Å². The van der Waals surface area contributed by atoms with Crippen LogP contribution >= 0.6 is 0 Å². The summed E-state index contributed by atoms with van der Waals surface area (Å²) in [7, 11) is 0. The molecular weight excluding hydrogens is 682 g/mol. The predicted octanol–water partition coefficient (Wildman–Crippen LogP) is 11.2. The van der Waals surface area contributed by atoms with E-state index in [9.17, 15) is 14.4 Å². The smallest absolute Gasteiger partial charge is 0.408 e.